The first kappa shape index (κ1) is 23.3. The van der Waals surface area contributed by atoms with Crippen molar-refractivity contribution in [3.05, 3.63) is 75.8 Å². The maximum atomic E-state index is 13.7. The summed E-state index contributed by atoms with van der Waals surface area (Å²) in [5, 5.41) is 12.9. The van der Waals surface area contributed by atoms with Gasteiger partial charge >= 0.3 is 0 Å². The molecule has 0 radical (unpaired) electrons. The maximum Gasteiger partial charge on any atom is 0.273 e. The molecule has 0 spiro atoms. The Balaban J connectivity index is 1.77. The number of Topliss-reactive ketones (excluding diaryl/α,β-unsaturated/α-hetero) is 1. The molecule has 34 heavy (non-hydrogen) atoms. The third-order valence-electron chi connectivity index (χ3n) is 6.61. The van der Waals surface area contributed by atoms with Crippen LogP contribution in [0.3, 0.4) is 0 Å². The zero-order chi connectivity index (χ0) is 24.4. The lowest BCUT2D eigenvalue weighted by Gasteiger charge is -2.36. The van der Waals surface area contributed by atoms with Crippen LogP contribution in [0.1, 0.15) is 59.7 Å². The van der Waals surface area contributed by atoms with Gasteiger partial charge in [-0.1, -0.05) is 50.1 Å². The summed E-state index contributed by atoms with van der Waals surface area (Å²) in [4.78, 5) is 64.3. The van der Waals surface area contributed by atoms with E-state index in [1.54, 1.807) is 37.3 Å². The number of rotatable bonds is 7. The second-order valence-electron chi connectivity index (χ2n) is 8.59. The van der Waals surface area contributed by atoms with E-state index in [9.17, 15) is 29.3 Å². The first-order valence-corrected chi connectivity index (χ1v) is 11.4. The largest absolute Gasteiger partial charge is 0.292 e. The molecule has 3 atom stereocenters. The van der Waals surface area contributed by atoms with Gasteiger partial charge < -0.3 is 0 Å². The highest BCUT2D eigenvalue weighted by Gasteiger charge is 2.53. The number of amides is 3. The van der Waals surface area contributed by atoms with Gasteiger partial charge in [0.1, 0.15) is 6.04 Å². The van der Waals surface area contributed by atoms with Gasteiger partial charge in [0.15, 0.2) is 5.78 Å². The number of benzene rings is 2. The Kier molecular flexibility index (Phi) is 6.54. The van der Waals surface area contributed by atoms with Gasteiger partial charge in [-0.3, -0.25) is 29.3 Å². The molecule has 3 amide bonds. The number of carbonyl (C=O) groups excluding carboxylic acids is 4. The molecule has 1 aliphatic carbocycles. The first-order valence-electron chi connectivity index (χ1n) is 11.4. The van der Waals surface area contributed by atoms with Gasteiger partial charge in [-0.2, -0.15) is 5.01 Å². The molecular weight excluding hydrogens is 438 g/mol. The SMILES string of the molecule is CC[C@H](C(=O)c1ccccc1)N(C(=O)c1ccc([N+](=O)[O-])cc1)N1C(=O)[C@H]2CCCC[C@@H]2C1=O. The zero-order valence-corrected chi connectivity index (χ0v) is 18.8. The van der Waals surface area contributed by atoms with Crippen LogP contribution in [0.15, 0.2) is 54.6 Å². The van der Waals surface area contributed by atoms with Crippen molar-refractivity contribution in [3.8, 4) is 0 Å². The van der Waals surface area contributed by atoms with Gasteiger partial charge in [-0.05, 0) is 31.4 Å². The van der Waals surface area contributed by atoms with E-state index in [0.717, 1.165) is 22.9 Å². The number of hydrogen-bond donors (Lipinski definition) is 0. The van der Waals surface area contributed by atoms with Crippen LogP contribution in [0.2, 0.25) is 0 Å². The molecule has 1 aliphatic heterocycles. The lowest BCUT2D eigenvalue weighted by molar-refractivity contribution is -0.384. The topological polar surface area (TPSA) is 118 Å². The predicted molar refractivity (Wildman–Crippen MR) is 121 cm³/mol. The number of ketones is 1. The second-order valence-corrected chi connectivity index (χ2v) is 8.59. The van der Waals surface area contributed by atoms with Crippen LogP contribution < -0.4 is 0 Å². The van der Waals surface area contributed by atoms with Crippen molar-refractivity contribution in [3.63, 3.8) is 0 Å². The highest BCUT2D eigenvalue weighted by Crippen LogP contribution is 2.39. The normalized spacial score (nSPS) is 20.6. The lowest BCUT2D eigenvalue weighted by Crippen LogP contribution is -2.57. The lowest BCUT2D eigenvalue weighted by atomic mass is 9.81. The van der Waals surface area contributed by atoms with E-state index in [2.05, 4.69) is 0 Å². The first-order chi connectivity index (χ1) is 16.3. The summed E-state index contributed by atoms with van der Waals surface area (Å²) in [6.07, 6.45) is 2.94. The fourth-order valence-electron chi connectivity index (χ4n) is 4.85. The summed E-state index contributed by atoms with van der Waals surface area (Å²) in [6.45, 7) is 1.71. The van der Waals surface area contributed by atoms with Crippen molar-refractivity contribution in [2.24, 2.45) is 11.8 Å². The van der Waals surface area contributed by atoms with Crippen molar-refractivity contribution in [2.75, 3.05) is 0 Å². The van der Waals surface area contributed by atoms with E-state index < -0.39 is 46.3 Å². The zero-order valence-electron chi connectivity index (χ0n) is 18.8. The maximum absolute atomic E-state index is 13.7. The van der Waals surface area contributed by atoms with Gasteiger partial charge in [0.05, 0.1) is 16.8 Å². The number of hydrogen-bond acceptors (Lipinski definition) is 6. The molecule has 9 heteroatoms. The molecule has 2 aliphatic rings. The number of nitro groups is 1. The standard InChI is InChI=1S/C25H25N3O6/c1-2-21(22(29)16-8-4-3-5-9-16)26(23(30)17-12-14-18(15-13-17)28(33)34)27-24(31)19-10-6-7-11-20(19)25(27)32/h3-5,8-9,12-15,19-21H,2,6-7,10-11H2,1H3/t19-,20-,21+/m0/s1. The van der Waals surface area contributed by atoms with E-state index in [1.165, 1.54) is 24.3 Å². The Morgan fingerprint density at radius 2 is 1.53 bits per heavy atom. The molecule has 2 aromatic rings. The predicted octanol–water partition coefficient (Wildman–Crippen LogP) is 3.79. The Morgan fingerprint density at radius 1 is 0.971 bits per heavy atom. The molecule has 0 N–H and O–H groups in total. The van der Waals surface area contributed by atoms with Crippen molar-refractivity contribution in [2.45, 2.75) is 45.1 Å². The highest BCUT2D eigenvalue weighted by atomic mass is 16.6. The fourth-order valence-corrected chi connectivity index (χ4v) is 4.85. The van der Waals surface area contributed by atoms with Gasteiger partial charge in [0.2, 0.25) is 0 Å². The van der Waals surface area contributed by atoms with Crippen LogP contribution in [0.4, 0.5) is 5.69 Å². The molecule has 1 saturated carbocycles. The van der Waals surface area contributed by atoms with E-state index in [0.29, 0.717) is 18.4 Å². The number of nitrogens with zero attached hydrogens (tertiary/aromatic N) is 3. The minimum atomic E-state index is -1.10. The molecule has 0 bridgehead atoms. The van der Waals surface area contributed by atoms with E-state index in [4.69, 9.17) is 0 Å². The molecular formula is C25H25N3O6. The van der Waals surface area contributed by atoms with E-state index in [-0.39, 0.29) is 17.7 Å². The summed E-state index contributed by atoms with van der Waals surface area (Å²) in [5.74, 6) is -3.07. The monoisotopic (exact) mass is 463 g/mol. The number of non-ortho nitro benzene ring substituents is 1. The van der Waals surface area contributed by atoms with Gasteiger partial charge in [-0.25, -0.2) is 5.01 Å². The molecule has 2 fully saturated rings. The van der Waals surface area contributed by atoms with Crippen LogP contribution in [0.25, 0.3) is 0 Å². The minimum absolute atomic E-state index is 0.0420. The van der Waals surface area contributed by atoms with Crippen LogP contribution in [0.5, 0.6) is 0 Å². The van der Waals surface area contributed by atoms with Crippen LogP contribution >= 0.6 is 0 Å². The second kappa shape index (κ2) is 9.54. The molecule has 1 heterocycles. The molecule has 2 aromatic carbocycles. The number of fused-ring (bicyclic) bond motifs is 1. The summed E-state index contributed by atoms with van der Waals surface area (Å²) in [7, 11) is 0. The smallest absolute Gasteiger partial charge is 0.273 e. The Bertz CT molecular complexity index is 1110. The highest BCUT2D eigenvalue weighted by molar-refractivity contribution is 6.10. The van der Waals surface area contributed by atoms with Gasteiger partial charge in [0.25, 0.3) is 23.4 Å². The molecule has 1 saturated heterocycles. The van der Waals surface area contributed by atoms with E-state index in [1.807, 2.05) is 0 Å². The van der Waals surface area contributed by atoms with Crippen molar-refractivity contribution < 1.29 is 24.1 Å². The molecule has 4 rings (SSSR count). The summed E-state index contributed by atoms with van der Waals surface area (Å²) >= 11 is 0. The summed E-state index contributed by atoms with van der Waals surface area (Å²) < 4.78 is 0. The number of carbonyl (C=O) groups is 4. The Morgan fingerprint density at radius 3 is 2.03 bits per heavy atom. The fraction of sp³-hybridized carbons (Fsp3) is 0.360. The molecule has 0 unspecified atom stereocenters. The minimum Gasteiger partial charge on any atom is -0.292 e. The Labute approximate surface area is 196 Å². The number of hydrazine groups is 1. The average Bonchev–Trinajstić information content (AvgIpc) is 3.12. The molecule has 176 valence electrons. The summed E-state index contributed by atoms with van der Waals surface area (Å²) in [6, 6.07) is 12.2. The van der Waals surface area contributed by atoms with Gasteiger partial charge in [-0.15, -0.1) is 0 Å². The molecule has 0 aromatic heterocycles. The average molecular weight is 463 g/mol. The number of nitro benzene ring substituents is 1. The Hall–Kier alpha value is -3.88. The van der Waals surface area contributed by atoms with Crippen molar-refractivity contribution >= 4 is 29.2 Å². The van der Waals surface area contributed by atoms with Crippen molar-refractivity contribution in [1.29, 1.82) is 0 Å². The quantitative estimate of drug-likeness (QED) is 0.267. The van der Waals surface area contributed by atoms with Crippen LogP contribution in [-0.4, -0.2) is 44.5 Å². The van der Waals surface area contributed by atoms with E-state index >= 15 is 0 Å². The molecule has 9 nitrogen and oxygen atoms in total. The number of imide groups is 1. The summed E-state index contributed by atoms with van der Waals surface area (Å²) in [5.41, 5.74) is 0.197. The third kappa shape index (κ3) is 4.09. The third-order valence-corrected chi connectivity index (χ3v) is 6.61. The van der Waals surface area contributed by atoms with Crippen molar-refractivity contribution in [1.82, 2.24) is 10.0 Å². The van der Waals surface area contributed by atoms with Crippen LogP contribution in [0, 0.1) is 22.0 Å². The van der Waals surface area contributed by atoms with Gasteiger partial charge in [0, 0.05) is 23.3 Å². The van der Waals surface area contributed by atoms with Crippen LogP contribution in [-0.2, 0) is 9.59 Å².